The van der Waals surface area contributed by atoms with Crippen molar-refractivity contribution in [2.45, 2.75) is 12.8 Å². The normalized spacial score (nSPS) is 11.2. The molecule has 6 aromatic rings. The van der Waals surface area contributed by atoms with E-state index >= 15 is 0 Å². The van der Waals surface area contributed by atoms with Gasteiger partial charge in [-0.2, -0.15) is 0 Å². The second kappa shape index (κ2) is 13.2. The molecule has 2 aromatic heterocycles. The molecule has 10 heteroatoms. The van der Waals surface area contributed by atoms with Gasteiger partial charge in [-0.1, -0.05) is 24.3 Å². The van der Waals surface area contributed by atoms with E-state index in [4.69, 9.17) is 18.9 Å². The van der Waals surface area contributed by atoms with Gasteiger partial charge in [0.1, 0.15) is 11.5 Å². The SMILES string of the molecule is O=C(COc1ccc2c(=O)c3ccccc3sc2c1)OCCCCOC(=O)COc1ccc2c(=O)c3ccccc3sc2c1. The Morgan fingerprint density at radius 3 is 1.39 bits per heavy atom. The first kappa shape index (κ1) is 29.3. The highest BCUT2D eigenvalue weighted by Crippen LogP contribution is 2.29. The number of rotatable bonds is 11. The first-order valence-electron chi connectivity index (χ1n) is 13.9. The largest absolute Gasteiger partial charge is 0.482 e. The maximum atomic E-state index is 12.7. The van der Waals surface area contributed by atoms with Crippen molar-refractivity contribution in [3.05, 3.63) is 105 Å². The number of ether oxygens (including phenoxy) is 4. The van der Waals surface area contributed by atoms with Gasteiger partial charge in [-0.15, -0.1) is 22.7 Å². The smallest absolute Gasteiger partial charge is 0.344 e. The summed E-state index contributed by atoms with van der Waals surface area (Å²) in [5, 5.41) is 2.58. The van der Waals surface area contributed by atoms with Crippen LogP contribution in [-0.2, 0) is 19.1 Å². The van der Waals surface area contributed by atoms with Crippen molar-refractivity contribution in [1.29, 1.82) is 0 Å². The van der Waals surface area contributed by atoms with Crippen LogP contribution in [0, 0.1) is 0 Å². The third kappa shape index (κ3) is 6.56. The summed E-state index contributed by atoms with van der Waals surface area (Å²) in [6, 6.07) is 25.2. The summed E-state index contributed by atoms with van der Waals surface area (Å²) in [4.78, 5) is 49.7. The molecule has 6 rings (SSSR count). The molecule has 0 unspecified atom stereocenters. The number of carbonyl (C=O) groups excluding carboxylic acids is 2. The van der Waals surface area contributed by atoms with Crippen molar-refractivity contribution >= 4 is 75.0 Å². The third-order valence-electron chi connectivity index (χ3n) is 6.88. The summed E-state index contributed by atoms with van der Waals surface area (Å²) in [5.41, 5.74) is -0.0600. The van der Waals surface area contributed by atoms with Crippen LogP contribution < -0.4 is 20.3 Å². The van der Waals surface area contributed by atoms with Crippen LogP contribution in [0.2, 0.25) is 0 Å². The van der Waals surface area contributed by atoms with E-state index in [0.29, 0.717) is 45.9 Å². The van der Waals surface area contributed by atoms with Crippen LogP contribution >= 0.6 is 22.7 Å². The van der Waals surface area contributed by atoms with Crippen LogP contribution in [-0.4, -0.2) is 38.4 Å². The Labute approximate surface area is 259 Å². The van der Waals surface area contributed by atoms with Gasteiger partial charge in [0.25, 0.3) is 0 Å². The lowest BCUT2D eigenvalue weighted by Crippen LogP contribution is -2.17. The average molecular weight is 627 g/mol. The first-order chi connectivity index (χ1) is 21.5. The van der Waals surface area contributed by atoms with Crippen molar-refractivity contribution in [2.75, 3.05) is 26.4 Å². The molecule has 0 amide bonds. The summed E-state index contributed by atoms with van der Waals surface area (Å²) in [6.45, 7) is -0.198. The Balaban J connectivity index is 0.894. The number of benzene rings is 4. The predicted molar refractivity (Wildman–Crippen MR) is 173 cm³/mol. The average Bonchev–Trinajstić information content (AvgIpc) is 3.04. The lowest BCUT2D eigenvalue weighted by atomic mass is 10.2. The molecule has 0 aliphatic rings. The Kier molecular flexibility index (Phi) is 8.81. The van der Waals surface area contributed by atoms with Gasteiger partial charge in [0.05, 0.1) is 13.2 Å². The number of esters is 2. The highest BCUT2D eigenvalue weighted by Gasteiger charge is 2.11. The van der Waals surface area contributed by atoms with E-state index in [1.807, 2.05) is 48.5 Å². The monoisotopic (exact) mass is 626 g/mol. The number of hydrogen-bond acceptors (Lipinski definition) is 10. The van der Waals surface area contributed by atoms with Crippen LogP contribution in [0.4, 0.5) is 0 Å². The third-order valence-corrected chi connectivity index (χ3v) is 9.14. The van der Waals surface area contributed by atoms with Gasteiger partial charge in [-0.25, -0.2) is 9.59 Å². The summed E-state index contributed by atoms with van der Waals surface area (Å²) in [7, 11) is 0. The number of hydrogen-bond donors (Lipinski definition) is 0. The highest BCUT2D eigenvalue weighted by atomic mass is 32.1. The molecule has 222 valence electrons. The fourth-order valence-electron chi connectivity index (χ4n) is 4.69. The Bertz CT molecular complexity index is 1980. The fraction of sp³-hybridized carbons (Fsp3) is 0.176. The topological polar surface area (TPSA) is 105 Å². The van der Waals surface area contributed by atoms with E-state index in [-0.39, 0.29) is 37.3 Å². The zero-order chi connectivity index (χ0) is 30.5. The number of unbranched alkanes of at least 4 members (excludes halogenated alkanes) is 1. The lowest BCUT2D eigenvalue weighted by Gasteiger charge is -2.09. The predicted octanol–water partition coefficient (Wildman–Crippen LogP) is 6.47. The van der Waals surface area contributed by atoms with E-state index < -0.39 is 11.9 Å². The van der Waals surface area contributed by atoms with Gasteiger partial charge in [-0.05, 0) is 73.5 Å². The molecular formula is C34H26O8S2. The van der Waals surface area contributed by atoms with Gasteiger partial charge in [0, 0.05) is 40.3 Å². The Hall–Kier alpha value is -4.80. The van der Waals surface area contributed by atoms with Crippen LogP contribution in [0.25, 0.3) is 40.3 Å². The molecule has 8 nitrogen and oxygen atoms in total. The fourth-order valence-corrected chi connectivity index (χ4v) is 6.89. The summed E-state index contributed by atoms with van der Waals surface area (Å²) >= 11 is 2.98. The highest BCUT2D eigenvalue weighted by molar-refractivity contribution is 7.25. The molecule has 0 spiro atoms. The quantitative estimate of drug-likeness (QED) is 0.0916. The second-order valence-electron chi connectivity index (χ2n) is 9.90. The molecule has 0 saturated carbocycles. The van der Waals surface area contributed by atoms with E-state index in [9.17, 15) is 19.2 Å². The van der Waals surface area contributed by atoms with Crippen LogP contribution in [0.15, 0.2) is 94.5 Å². The molecule has 0 aliphatic carbocycles. The second-order valence-corrected chi connectivity index (χ2v) is 12.1. The van der Waals surface area contributed by atoms with Gasteiger partial charge in [0.2, 0.25) is 0 Å². The summed E-state index contributed by atoms with van der Waals surface area (Å²) < 4.78 is 24.9. The standard InChI is InChI=1S/C34H26O8S2/c35-31(19-41-21-11-13-25-29(17-21)43-27-9-3-1-7-23(27)33(25)37)39-15-5-6-16-40-32(36)20-42-22-12-14-26-30(18-22)44-28-10-4-2-8-24(28)34(26)38/h1-4,7-14,17-18H,5-6,15-16,19-20H2. The lowest BCUT2D eigenvalue weighted by molar-refractivity contribution is -0.148. The molecule has 0 N–H and O–H groups in total. The van der Waals surface area contributed by atoms with Gasteiger partial charge < -0.3 is 18.9 Å². The molecule has 0 saturated heterocycles. The van der Waals surface area contributed by atoms with E-state index in [1.54, 1.807) is 36.4 Å². The van der Waals surface area contributed by atoms with E-state index in [1.165, 1.54) is 22.7 Å². The molecule has 2 heterocycles. The Morgan fingerprint density at radius 1 is 0.523 bits per heavy atom. The van der Waals surface area contributed by atoms with Gasteiger partial charge in [-0.3, -0.25) is 9.59 Å². The minimum absolute atomic E-state index is 0.0300. The van der Waals surface area contributed by atoms with Crippen LogP contribution in [0.3, 0.4) is 0 Å². The van der Waals surface area contributed by atoms with Crippen molar-refractivity contribution in [3.63, 3.8) is 0 Å². The van der Waals surface area contributed by atoms with Crippen LogP contribution in [0.5, 0.6) is 11.5 Å². The minimum Gasteiger partial charge on any atom is -0.482 e. The number of carbonyl (C=O) groups is 2. The molecule has 0 aliphatic heterocycles. The molecule has 0 atom stereocenters. The molecule has 0 bridgehead atoms. The zero-order valence-corrected chi connectivity index (χ0v) is 25.0. The molecular weight excluding hydrogens is 601 g/mol. The molecule has 44 heavy (non-hydrogen) atoms. The zero-order valence-electron chi connectivity index (χ0n) is 23.4. The maximum Gasteiger partial charge on any atom is 0.344 e. The van der Waals surface area contributed by atoms with E-state index in [0.717, 1.165) is 18.8 Å². The van der Waals surface area contributed by atoms with Crippen molar-refractivity contribution in [2.24, 2.45) is 0 Å². The maximum absolute atomic E-state index is 12.7. The van der Waals surface area contributed by atoms with Crippen LogP contribution in [0.1, 0.15) is 12.8 Å². The van der Waals surface area contributed by atoms with Crippen molar-refractivity contribution in [1.82, 2.24) is 0 Å². The van der Waals surface area contributed by atoms with E-state index in [2.05, 4.69) is 0 Å². The Morgan fingerprint density at radius 2 is 0.932 bits per heavy atom. The van der Waals surface area contributed by atoms with Gasteiger partial charge in [0.15, 0.2) is 24.1 Å². The summed E-state index contributed by atoms with van der Waals surface area (Å²) in [6.07, 6.45) is 1.02. The molecule has 0 fully saturated rings. The number of fused-ring (bicyclic) bond motifs is 4. The van der Waals surface area contributed by atoms with Crippen molar-refractivity contribution < 1.29 is 28.5 Å². The minimum atomic E-state index is -0.518. The molecule has 0 radical (unpaired) electrons. The molecule has 4 aromatic carbocycles. The summed E-state index contributed by atoms with van der Waals surface area (Å²) in [5.74, 6) is -0.0869. The van der Waals surface area contributed by atoms with Crippen molar-refractivity contribution in [3.8, 4) is 11.5 Å². The first-order valence-corrected chi connectivity index (χ1v) is 15.6. The van der Waals surface area contributed by atoms with Gasteiger partial charge >= 0.3 is 11.9 Å².